The van der Waals surface area contributed by atoms with Crippen molar-refractivity contribution in [3.05, 3.63) is 67.9 Å². The maximum absolute atomic E-state index is 12.6. The minimum absolute atomic E-state index is 0.0196. The number of carbonyl (C=O) groups is 1. The van der Waals surface area contributed by atoms with Crippen molar-refractivity contribution in [1.82, 2.24) is 14.8 Å². The third-order valence-electron chi connectivity index (χ3n) is 4.52. The molecule has 2 aromatic heterocycles. The lowest BCUT2D eigenvalue weighted by Crippen LogP contribution is -2.13. The number of nitriles is 1. The Bertz CT molecular complexity index is 1210. The van der Waals surface area contributed by atoms with Crippen LogP contribution in [0.4, 0.5) is 10.8 Å². The van der Waals surface area contributed by atoms with Crippen LogP contribution in [0.2, 0.25) is 5.02 Å². The number of unbranched alkanes of at least 4 members (excludes halogenated alkanes) is 2. The fraction of sp³-hybridized carbons (Fsp3) is 0.238. The van der Waals surface area contributed by atoms with Gasteiger partial charge in [-0.3, -0.25) is 20.2 Å². The number of halogens is 1. The van der Waals surface area contributed by atoms with E-state index < -0.39 is 10.8 Å². The monoisotopic (exact) mass is 470 g/mol. The number of nitrogens with one attached hydrogen (secondary N) is 1. The van der Waals surface area contributed by atoms with Crippen LogP contribution in [0.5, 0.6) is 0 Å². The molecule has 0 saturated heterocycles. The van der Waals surface area contributed by atoms with Crippen molar-refractivity contribution < 1.29 is 9.72 Å². The number of amides is 1. The largest absolute Gasteiger partial charge is 0.317 e. The normalized spacial score (nSPS) is 11.2. The van der Waals surface area contributed by atoms with E-state index >= 15 is 0 Å². The summed E-state index contributed by atoms with van der Waals surface area (Å²) in [5.41, 5.74) is 0.579. The SMILES string of the molecule is CCCCCc1nnc(NC(=O)C(C#N)=Cc2cccn2-c2ccc(Cl)c([N+](=O)[O-])c2)s1. The second-order valence-corrected chi connectivity index (χ2v) is 8.25. The average Bonchev–Trinajstić information content (AvgIpc) is 3.41. The van der Waals surface area contributed by atoms with E-state index in [0.29, 0.717) is 16.5 Å². The van der Waals surface area contributed by atoms with Gasteiger partial charge in [-0.1, -0.05) is 42.7 Å². The lowest BCUT2D eigenvalue weighted by atomic mass is 10.2. The number of aryl methyl sites for hydroxylation is 1. The van der Waals surface area contributed by atoms with E-state index in [1.165, 1.54) is 29.5 Å². The van der Waals surface area contributed by atoms with Crippen LogP contribution in [-0.4, -0.2) is 25.6 Å². The number of nitro benzene ring substituents is 1. The zero-order valence-corrected chi connectivity index (χ0v) is 18.7. The highest BCUT2D eigenvalue weighted by Gasteiger charge is 2.16. The molecule has 9 nitrogen and oxygen atoms in total. The first-order valence-electron chi connectivity index (χ1n) is 9.80. The van der Waals surface area contributed by atoms with Crippen molar-refractivity contribution in [1.29, 1.82) is 5.26 Å². The molecule has 32 heavy (non-hydrogen) atoms. The van der Waals surface area contributed by atoms with Crippen LogP contribution >= 0.6 is 22.9 Å². The minimum Gasteiger partial charge on any atom is -0.317 e. The summed E-state index contributed by atoms with van der Waals surface area (Å²) >= 11 is 7.17. The zero-order chi connectivity index (χ0) is 23.1. The molecule has 11 heteroatoms. The van der Waals surface area contributed by atoms with E-state index in [9.17, 15) is 20.2 Å². The Labute approximate surface area is 193 Å². The molecule has 0 fully saturated rings. The van der Waals surface area contributed by atoms with Gasteiger partial charge in [-0.2, -0.15) is 5.26 Å². The highest BCUT2D eigenvalue weighted by Crippen LogP contribution is 2.28. The summed E-state index contributed by atoms with van der Waals surface area (Å²) < 4.78 is 1.62. The molecule has 1 aromatic carbocycles. The van der Waals surface area contributed by atoms with Crippen molar-refractivity contribution in [2.75, 3.05) is 5.32 Å². The quantitative estimate of drug-likeness (QED) is 0.151. The molecule has 0 aliphatic carbocycles. The van der Waals surface area contributed by atoms with E-state index in [1.807, 2.05) is 6.07 Å². The van der Waals surface area contributed by atoms with E-state index in [1.54, 1.807) is 29.0 Å². The lowest BCUT2D eigenvalue weighted by molar-refractivity contribution is -0.384. The number of hydrogen-bond acceptors (Lipinski definition) is 7. The number of benzene rings is 1. The molecular weight excluding hydrogens is 452 g/mol. The van der Waals surface area contributed by atoms with Crippen LogP contribution in [-0.2, 0) is 11.2 Å². The smallest absolute Gasteiger partial charge is 0.289 e. The molecule has 0 saturated carbocycles. The van der Waals surface area contributed by atoms with Crippen LogP contribution in [0, 0.1) is 21.4 Å². The average molecular weight is 471 g/mol. The highest BCUT2D eigenvalue weighted by molar-refractivity contribution is 7.15. The highest BCUT2D eigenvalue weighted by atomic mass is 35.5. The first-order chi connectivity index (χ1) is 15.4. The van der Waals surface area contributed by atoms with Crippen LogP contribution in [0.15, 0.2) is 42.1 Å². The predicted octanol–water partition coefficient (Wildman–Crippen LogP) is 5.17. The fourth-order valence-electron chi connectivity index (χ4n) is 2.93. The Morgan fingerprint density at radius 1 is 1.38 bits per heavy atom. The standard InChI is InChI=1S/C21H19ClN6O3S/c1-2-3-4-7-19-25-26-21(32-19)24-20(29)14(13-23)11-15-6-5-10-27(15)16-8-9-17(22)18(12-16)28(30)31/h5-6,8-12H,2-4,7H2,1H3,(H,24,26,29). The molecule has 3 aromatic rings. The van der Waals surface area contributed by atoms with Gasteiger partial charge in [0.15, 0.2) is 0 Å². The molecule has 0 bridgehead atoms. The van der Waals surface area contributed by atoms with Crippen LogP contribution in [0.1, 0.15) is 36.9 Å². The molecule has 0 aliphatic rings. The number of carbonyl (C=O) groups excluding carboxylic acids is 1. The van der Waals surface area contributed by atoms with E-state index in [0.717, 1.165) is 30.7 Å². The topological polar surface area (TPSA) is 127 Å². The Morgan fingerprint density at radius 2 is 2.19 bits per heavy atom. The molecule has 3 rings (SSSR count). The second kappa shape index (κ2) is 10.7. The fourth-order valence-corrected chi connectivity index (χ4v) is 3.89. The van der Waals surface area contributed by atoms with Crippen LogP contribution in [0.3, 0.4) is 0 Å². The Kier molecular flexibility index (Phi) is 7.70. The van der Waals surface area contributed by atoms with Gasteiger partial charge in [-0.15, -0.1) is 10.2 Å². The molecule has 0 aliphatic heterocycles. The number of nitro groups is 1. The minimum atomic E-state index is -0.612. The summed E-state index contributed by atoms with van der Waals surface area (Å²) in [5.74, 6) is -0.612. The van der Waals surface area contributed by atoms with E-state index in [2.05, 4.69) is 22.4 Å². The molecule has 0 radical (unpaired) electrons. The first-order valence-corrected chi connectivity index (χ1v) is 11.0. The molecular formula is C21H19ClN6O3S. The maximum atomic E-state index is 12.6. The summed E-state index contributed by atoms with van der Waals surface area (Å²) in [5, 5.41) is 32.5. The van der Waals surface area contributed by atoms with Gasteiger partial charge >= 0.3 is 0 Å². The number of anilines is 1. The number of rotatable bonds is 9. The molecule has 0 unspecified atom stereocenters. The molecule has 0 spiro atoms. The van der Waals surface area contributed by atoms with Crippen molar-refractivity contribution >= 4 is 45.7 Å². The van der Waals surface area contributed by atoms with Gasteiger partial charge in [0.1, 0.15) is 21.7 Å². The molecule has 1 N–H and O–H groups in total. The number of nitrogens with zero attached hydrogens (tertiary/aromatic N) is 5. The summed E-state index contributed by atoms with van der Waals surface area (Å²) in [6.45, 7) is 2.12. The van der Waals surface area contributed by atoms with Gasteiger partial charge in [-0.05, 0) is 36.8 Å². The Hall–Kier alpha value is -3.55. The molecule has 2 heterocycles. The van der Waals surface area contributed by atoms with E-state index in [-0.39, 0.29) is 16.3 Å². The number of aromatic nitrogens is 3. The lowest BCUT2D eigenvalue weighted by Gasteiger charge is -2.08. The van der Waals surface area contributed by atoms with Gasteiger partial charge < -0.3 is 4.57 Å². The summed E-state index contributed by atoms with van der Waals surface area (Å²) in [6.07, 6.45) is 7.06. The van der Waals surface area contributed by atoms with Gasteiger partial charge in [0.25, 0.3) is 11.6 Å². The van der Waals surface area contributed by atoms with Crippen molar-refractivity contribution in [2.24, 2.45) is 0 Å². The van der Waals surface area contributed by atoms with Crippen molar-refractivity contribution in [3.63, 3.8) is 0 Å². The molecule has 1 amide bonds. The first kappa shape index (κ1) is 23.1. The van der Waals surface area contributed by atoms with Crippen LogP contribution < -0.4 is 5.32 Å². The predicted molar refractivity (Wildman–Crippen MR) is 123 cm³/mol. The van der Waals surface area contributed by atoms with E-state index in [4.69, 9.17) is 11.6 Å². The Balaban J connectivity index is 1.80. The van der Waals surface area contributed by atoms with Crippen LogP contribution in [0.25, 0.3) is 11.8 Å². The zero-order valence-electron chi connectivity index (χ0n) is 17.1. The number of hydrogen-bond donors (Lipinski definition) is 1. The summed E-state index contributed by atoms with van der Waals surface area (Å²) in [4.78, 5) is 23.2. The van der Waals surface area contributed by atoms with Gasteiger partial charge in [0.2, 0.25) is 5.13 Å². The van der Waals surface area contributed by atoms with Gasteiger partial charge in [-0.25, -0.2) is 0 Å². The maximum Gasteiger partial charge on any atom is 0.289 e. The second-order valence-electron chi connectivity index (χ2n) is 6.78. The van der Waals surface area contributed by atoms with Gasteiger partial charge in [0, 0.05) is 24.4 Å². The Morgan fingerprint density at radius 3 is 2.91 bits per heavy atom. The third-order valence-corrected chi connectivity index (χ3v) is 5.74. The molecule has 0 atom stereocenters. The van der Waals surface area contributed by atoms with Gasteiger partial charge in [0.05, 0.1) is 10.6 Å². The summed E-state index contributed by atoms with van der Waals surface area (Å²) in [7, 11) is 0. The molecule has 164 valence electrons. The third kappa shape index (κ3) is 5.57. The van der Waals surface area contributed by atoms with Crippen molar-refractivity contribution in [2.45, 2.75) is 32.6 Å². The van der Waals surface area contributed by atoms with Crippen molar-refractivity contribution in [3.8, 4) is 11.8 Å². The summed E-state index contributed by atoms with van der Waals surface area (Å²) in [6, 6.07) is 9.63.